The standard InChI is InChI=1S/C10H16N2O/c1-2-3-4-5-10(13)12-9-6-7-11-8-9/h2-5,9,11H,6-8H2,1H3,(H,12,13)/t9-/m1/s1. The topological polar surface area (TPSA) is 41.1 Å². The maximum absolute atomic E-state index is 11.2. The average Bonchev–Trinajstić information content (AvgIpc) is 2.57. The number of amides is 1. The monoisotopic (exact) mass is 180 g/mol. The Balaban J connectivity index is 2.23. The van der Waals surface area contributed by atoms with Crippen LogP contribution < -0.4 is 10.6 Å². The molecule has 1 amide bonds. The molecule has 0 aliphatic carbocycles. The van der Waals surface area contributed by atoms with Crippen molar-refractivity contribution >= 4 is 5.91 Å². The van der Waals surface area contributed by atoms with Gasteiger partial charge < -0.3 is 10.6 Å². The second-order valence-corrected chi connectivity index (χ2v) is 3.08. The molecule has 1 aliphatic rings. The van der Waals surface area contributed by atoms with Crippen LogP contribution in [0.25, 0.3) is 0 Å². The molecule has 3 heteroatoms. The molecule has 0 radical (unpaired) electrons. The Hall–Kier alpha value is -1.09. The van der Waals surface area contributed by atoms with E-state index in [4.69, 9.17) is 0 Å². The number of allylic oxidation sites excluding steroid dienone is 3. The highest BCUT2D eigenvalue weighted by molar-refractivity contribution is 5.88. The van der Waals surface area contributed by atoms with Gasteiger partial charge in [-0.2, -0.15) is 0 Å². The Morgan fingerprint density at radius 1 is 1.54 bits per heavy atom. The third-order valence-corrected chi connectivity index (χ3v) is 1.96. The van der Waals surface area contributed by atoms with E-state index in [1.807, 2.05) is 19.1 Å². The van der Waals surface area contributed by atoms with Crippen LogP contribution in [0, 0.1) is 0 Å². The Morgan fingerprint density at radius 3 is 3.00 bits per heavy atom. The lowest BCUT2D eigenvalue weighted by Gasteiger charge is -2.07. The fourth-order valence-electron chi connectivity index (χ4n) is 1.28. The van der Waals surface area contributed by atoms with E-state index >= 15 is 0 Å². The fourth-order valence-corrected chi connectivity index (χ4v) is 1.28. The largest absolute Gasteiger partial charge is 0.348 e. The molecule has 13 heavy (non-hydrogen) atoms. The predicted octanol–water partition coefficient (Wildman–Crippen LogP) is 0.597. The van der Waals surface area contributed by atoms with Gasteiger partial charge in [-0.15, -0.1) is 0 Å². The molecule has 2 N–H and O–H groups in total. The van der Waals surface area contributed by atoms with E-state index in [-0.39, 0.29) is 5.91 Å². The van der Waals surface area contributed by atoms with E-state index < -0.39 is 0 Å². The third kappa shape index (κ3) is 3.90. The van der Waals surface area contributed by atoms with Crippen LogP contribution in [0.4, 0.5) is 0 Å². The van der Waals surface area contributed by atoms with Crippen LogP contribution in [0.2, 0.25) is 0 Å². The maximum Gasteiger partial charge on any atom is 0.244 e. The zero-order valence-corrected chi connectivity index (χ0v) is 7.92. The zero-order chi connectivity index (χ0) is 9.52. The summed E-state index contributed by atoms with van der Waals surface area (Å²) in [5.74, 6) is -0.00759. The van der Waals surface area contributed by atoms with Crippen LogP contribution in [0.15, 0.2) is 24.3 Å². The fraction of sp³-hybridized carbons (Fsp3) is 0.500. The minimum Gasteiger partial charge on any atom is -0.348 e. The number of rotatable bonds is 3. The molecular weight excluding hydrogens is 164 g/mol. The summed E-state index contributed by atoms with van der Waals surface area (Å²) in [6.45, 7) is 3.82. The van der Waals surface area contributed by atoms with Crippen LogP contribution in [0.5, 0.6) is 0 Å². The first-order chi connectivity index (χ1) is 6.33. The molecule has 0 aromatic rings. The zero-order valence-electron chi connectivity index (χ0n) is 7.92. The van der Waals surface area contributed by atoms with Gasteiger partial charge in [0, 0.05) is 18.7 Å². The van der Waals surface area contributed by atoms with Crippen LogP contribution in [0.3, 0.4) is 0 Å². The van der Waals surface area contributed by atoms with Crippen molar-refractivity contribution in [3.63, 3.8) is 0 Å². The molecule has 0 spiro atoms. The van der Waals surface area contributed by atoms with Gasteiger partial charge in [0.25, 0.3) is 0 Å². The molecule has 0 bridgehead atoms. The van der Waals surface area contributed by atoms with E-state index in [1.165, 1.54) is 0 Å². The van der Waals surface area contributed by atoms with Crippen molar-refractivity contribution < 1.29 is 4.79 Å². The minimum atomic E-state index is -0.00759. The van der Waals surface area contributed by atoms with Crippen molar-refractivity contribution in [3.05, 3.63) is 24.3 Å². The maximum atomic E-state index is 11.2. The summed E-state index contributed by atoms with van der Waals surface area (Å²) in [5, 5.41) is 6.11. The molecule has 1 rings (SSSR count). The van der Waals surface area contributed by atoms with Gasteiger partial charge in [0.2, 0.25) is 5.91 Å². The number of hydrogen-bond acceptors (Lipinski definition) is 2. The van der Waals surface area contributed by atoms with E-state index in [0.717, 1.165) is 19.5 Å². The van der Waals surface area contributed by atoms with Crippen molar-refractivity contribution in [3.8, 4) is 0 Å². The average molecular weight is 180 g/mol. The molecule has 72 valence electrons. The molecule has 3 nitrogen and oxygen atoms in total. The first-order valence-corrected chi connectivity index (χ1v) is 4.63. The normalized spacial score (nSPS) is 23.0. The minimum absolute atomic E-state index is 0.00759. The highest BCUT2D eigenvalue weighted by Crippen LogP contribution is 1.96. The highest BCUT2D eigenvalue weighted by atomic mass is 16.1. The van der Waals surface area contributed by atoms with Crippen LogP contribution in [-0.4, -0.2) is 25.0 Å². The lowest BCUT2D eigenvalue weighted by molar-refractivity contribution is -0.117. The summed E-state index contributed by atoms with van der Waals surface area (Å²) >= 11 is 0. The van der Waals surface area contributed by atoms with Crippen molar-refractivity contribution in [2.24, 2.45) is 0 Å². The van der Waals surface area contributed by atoms with Crippen molar-refractivity contribution in [2.45, 2.75) is 19.4 Å². The quantitative estimate of drug-likeness (QED) is 0.493. The second kappa shape index (κ2) is 5.54. The molecule has 0 unspecified atom stereocenters. The molecule has 1 aliphatic heterocycles. The summed E-state index contributed by atoms with van der Waals surface area (Å²) in [7, 11) is 0. The first-order valence-electron chi connectivity index (χ1n) is 4.63. The first kappa shape index (κ1) is 9.99. The molecule has 0 aromatic heterocycles. The third-order valence-electron chi connectivity index (χ3n) is 1.96. The van der Waals surface area contributed by atoms with E-state index in [9.17, 15) is 4.79 Å². The van der Waals surface area contributed by atoms with Gasteiger partial charge in [-0.05, 0) is 19.9 Å². The van der Waals surface area contributed by atoms with Crippen molar-refractivity contribution in [2.75, 3.05) is 13.1 Å². The number of hydrogen-bond donors (Lipinski definition) is 2. The number of nitrogens with one attached hydrogen (secondary N) is 2. The second-order valence-electron chi connectivity index (χ2n) is 3.08. The number of carbonyl (C=O) groups excluding carboxylic acids is 1. The van der Waals surface area contributed by atoms with Gasteiger partial charge in [-0.1, -0.05) is 18.2 Å². The van der Waals surface area contributed by atoms with E-state index in [1.54, 1.807) is 12.2 Å². The van der Waals surface area contributed by atoms with Crippen LogP contribution in [-0.2, 0) is 4.79 Å². The van der Waals surface area contributed by atoms with Crippen LogP contribution in [0.1, 0.15) is 13.3 Å². The van der Waals surface area contributed by atoms with Crippen molar-refractivity contribution in [1.82, 2.24) is 10.6 Å². The Kier molecular flexibility index (Phi) is 4.26. The van der Waals surface area contributed by atoms with Gasteiger partial charge in [0.15, 0.2) is 0 Å². The summed E-state index contributed by atoms with van der Waals surface area (Å²) in [4.78, 5) is 11.2. The summed E-state index contributed by atoms with van der Waals surface area (Å²) < 4.78 is 0. The van der Waals surface area contributed by atoms with Gasteiger partial charge in [0.1, 0.15) is 0 Å². The van der Waals surface area contributed by atoms with Crippen LogP contribution >= 0.6 is 0 Å². The van der Waals surface area contributed by atoms with Gasteiger partial charge in [0.05, 0.1) is 0 Å². The summed E-state index contributed by atoms with van der Waals surface area (Å²) in [5.41, 5.74) is 0. The SMILES string of the molecule is CC=CC=CC(=O)N[C@@H]1CCNC1. The van der Waals surface area contributed by atoms with Gasteiger partial charge in [-0.3, -0.25) is 4.79 Å². The predicted molar refractivity (Wildman–Crippen MR) is 53.4 cm³/mol. The molecule has 1 atom stereocenters. The van der Waals surface area contributed by atoms with Gasteiger partial charge >= 0.3 is 0 Å². The number of carbonyl (C=O) groups is 1. The lowest BCUT2D eigenvalue weighted by Crippen LogP contribution is -2.34. The Labute approximate surface area is 78.9 Å². The molecule has 0 aromatic carbocycles. The van der Waals surface area contributed by atoms with Gasteiger partial charge in [-0.25, -0.2) is 0 Å². The Bertz CT molecular complexity index is 215. The molecule has 1 saturated heterocycles. The van der Waals surface area contributed by atoms with E-state index in [2.05, 4.69) is 10.6 Å². The summed E-state index contributed by atoms with van der Waals surface area (Å²) in [6, 6.07) is 0.308. The smallest absolute Gasteiger partial charge is 0.244 e. The summed E-state index contributed by atoms with van der Waals surface area (Å²) in [6.07, 6.45) is 8.06. The molecule has 1 heterocycles. The van der Waals surface area contributed by atoms with Crippen molar-refractivity contribution in [1.29, 1.82) is 0 Å². The molecule has 1 fully saturated rings. The molecule has 0 saturated carbocycles. The highest BCUT2D eigenvalue weighted by Gasteiger charge is 2.14. The lowest BCUT2D eigenvalue weighted by atomic mass is 10.2. The molecular formula is C10H16N2O. The Morgan fingerprint density at radius 2 is 2.38 bits per heavy atom. The van der Waals surface area contributed by atoms with E-state index in [0.29, 0.717) is 6.04 Å².